The van der Waals surface area contributed by atoms with E-state index in [9.17, 15) is 0 Å². The maximum absolute atomic E-state index is 8.93. The Balaban J connectivity index is 2.41. The fourth-order valence-electron chi connectivity index (χ4n) is 2.34. The molecular formula is C12H26N2O. The Morgan fingerprint density at radius 1 is 1.53 bits per heavy atom. The molecule has 0 aromatic heterocycles. The quantitative estimate of drug-likeness (QED) is 0.744. The standard InChI is InChI=1S/C12H26N2O/c1-4-11(2)14-7-5-6-12(10-14)13(3)8-9-15/h11-12,15H,4-10H2,1-3H3. The molecule has 1 aliphatic rings. The van der Waals surface area contributed by atoms with Crippen molar-refractivity contribution in [3.05, 3.63) is 0 Å². The minimum absolute atomic E-state index is 0.274. The van der Waals surface area contributed by atoms with Crippen LogP contribution in [0, 0.1) is 0 Å². The lowest BCUT2D eigenvalue weighted by molar-refractivity contribution is 0.0784. The highest BCUT2D eigenvalue weighted by Gasteiger charge is 2.24. The summed E-state index contributed by atoms with van der Waals surface area (Å²) in [6.45, 7) is 8.07. The summed E-state index contributed by atoms with van der Waals surface area (Å²) in [6, 6.07) is 1.34. The van der Waals surface area contributed by atoms with Gasteiger partial charge in [-0.05, 0) is 39.8 Å². The van der Waals surface area contributed by atoms with Crippen molar-refractivity contribution < 1.29 is 5.11 Å². The Hall–Kier alpha value is -0.120. The first-order valence-electron chi connectivity index (χ1n) is 6.24. The zero-order valence-electron chi connectivity index (χ0n) is 10.4. The van der Waals surface area contributed by atoms with Gasteiger partial charge in [-0.1, -0.05) is 6.92 Å². The van der Waals surface area contributed by atoms with E-state index < -0.39 is 0 Å². The van der Waals surface area contributed by atoms with Crippen molar-refractivity contribution in [3.63, 3.8) is 0 Å². The molecule has 1 N–H and O–H groups in total. The minimum atomic E-state index is 0.274. The lowest BCUT2D eigenvalue weighted by Crippen LogP contribution is -2.49. The van der Waals surface area contributed by atoms with E-state index in [1.165, 1.54) is 32.4 Å². The number of likely N-dealkylation sites (N-methyl/N-ethyl adjacent to an activating group) is 1. The van der Waals surface area contributed by atoms with Crippen molar-refractivity contribution in [3.8, 4) is 0 Å². The molecule has 1 heterocycles. The van der Waals surface area contributed by atoms with Crippen molar-refractivity contribution >= 4 is 0 Å². The van der Waals surface area contributed by atoms with Crippen LogP contribution in [0.2, 0.25) is 0 Å². The Morgan fingerprint density at radius 2 is 2.27 bits per heavy atom. The summed E-state index contributed by atoms with van der Waals surface area (Å²) < 4.78 is 0. The second kappa shape index (κ2) is 6.46. The molecule has 0 bridgehead atoms. The third-order valence-corrected chi connectivity index (χ3v) is 3.72. The Labute approximate surface area is 94.1 Å². The maximum Gasteiger partial charge on any atom is 0.0558 e. The topological polar surface area (TPSA) is 26.7 Å². The largest absolute Gasteiger partial charge is 0.395 e. The molecule has 1 fully saturated rings. The summed E-state index contributed by atoms with van der Waals surface area (Å²) in [4.78, 5) is 4.89. The molecule has 3 heteroatoms. The number of aliphatic hydroxyl groups is 1. The normalized spacial score (nSPS) is 25.8. The van der Waals surface area contributed by atoms with Crippen molar-refractivity contribution in [1.82, 2.24) is 9.80 Å². The molecule has 90 valence electrons. The molecule has 15 heavy (non-hydrogen) atoms. The molecule has 0 aromatic rings. The number of rotatable bonds is 5. The first kappa shape index (κ1) is 12.9. The molecule has 3 nitrogen and oxygen atoms in total. The third-order valence-electron chi connectivity index (χ3n) is 3.72. The second-order valence-electron chi connectivity index (χ2n) is 4.75. The third kappa shape index (κ3) is 3.74. The average Bonchev–Trinajstić information content (AvgIpc) is 2.28. The summed E-state index contributed by atoms with van der Waals surface area (Å²) in [5.74, 6) is 0. The van der Waals surface area contributed by atoms with E-state index in [1.54, 1.807) is 0 Å². The predicted molar refractivity (Wildman–Crippen MR) is 64.1 cm³/mol. The van der Waals surface area contributed by atoms with Crippen LogP contribution in [0.4, 0.5) is 0 Å². The van der Waals surface area contributed by atoms with E-state index in [1.807, 2.05) is 0 Å². The summed E-state index contributed by atoms with van der Waals surface area (Å²) >= 11 is 0. The van der Waals surface area contributed by atoms with Gasteiger partial charge in [0.1, 0.15) is 0 Å². The maximum atomic E-state index is 8.93. The van der Waals surface area contributed by atoms with Crippen LogP contribution in [0.15, 0.2) is 0 Å². The van der Waals surface area contributed by atoms with Gasteiger partial charge in [-0.25, -0.2) is 0 Å². The monoisotopic (exact) mass is 214 g/mol. The number of nitrogens with zero attached hydrogens (tertiary/aromatic N) is 2. The number of aliphatic hydroxyl groups excluding tert-OH is 1. The van der Waals surface area contributed by atoms with Gasteiger partial charge in [0.2, 0.25) is 0 Å². The summed E-state index contributed by atoms with van der Waals surface area (Å²) in [7, 11) is 2.13. The van der Waals surface area contributed by atoms with Crippen molar-refractivity contribution in [1.29, 1.82) is 0 Å². The number of likely N-dealkylation sites (tertiary alicyclic amines) is 1. The summed E-state index contributed by atoms with van der Waals surface area (Å²) in [6.07, 6.45) is 3.81. The van der Waals surface area contributed by atoms with E-state index >= 15 is 0 Å². The molecule has 1 aliphatic heterocycles. The molecule has 0 amide bonds. The smallest absolute Gasteiger partial charge is 0.0558 e. The van der Waals surface area contributed by atoms with Crippen molar-refractivity contribution in [2.75, 3.05) is 33.3 Å². The van der Waals surface area contributed by atoms with Crippen LogP contribution in [0.5, 0.6) is 0 Å². The zero-order valence-corrected chi connectivity index (χ0v) is 10.4. The van der Waals surface area contributed by atoms with Gasteiger partial charge < -0.3 is 5.11 Å². The molecule has 2 unspecified atom stereocenters. The molecule has 1 rings (SSSR count). The van der Waals surface area contributed by atoms with E-state index in [-0.39, 0.29) is 6.61 Å². The highest BCUT2D eigenvalue weighted by atomic mass is 16.3. The van der Waals surface area contributed by atoms with Crippen LogP contribution in [-0.2, 0) is 0 Å². The van der Waals surface area contributed by atoms with Gasteiger partial charge in [0.15, 0.2) is 0 Å². The summed E-state index contributed by atoms with van der Waals surface area (Å²) in [5, 5.41) is 8.93. The summed E-state index contributed by atoms with van der Waals surface area (Å²) in [5.41, 5.74) is 0. The van der Waals surface area contributed by atoms with E-state index in [2.05, 4.69) is 30.7 Å². The molecular weight excluding hydrogens is 188 g/mol. The van der Waals surface area contributed by atoms with Gasteiger partial charge >= 0.3 is 0 Å². The molecule has 0 aliphatic carbocycles. The fourth-order valence-corrected chi connectivity index (χ4v) is 2.34. The lowest BCUT2D eigenvalue weighted by Gasteiger charge is -2.40. The second-order valence-corrected chi connectivity index (χ2v) is 4.75. The number of hydrogen-bond donors (Lipinski definition) is 1. The fraction of sp³-hybridized carbons (Fsp3) is 1.00. The SMILES string of the molecule is CCC(C)N1CCCC(N(C)CCO)C1. The van der Waals surface area contributed by atoms with E-state index in [0.717, 1.165) is 6.54 Å². The molecule has 1 saturated heterocycles. The van der Waals surface area contributed by atoms with Crippen molar-refractivity contribution in [2.45, 2.75) is 45.2 Å². The van der Waals surface area contributed by atoms with Gasteiger partial charge in [0.05, 0.1) is 6.61 Å². The van der Waals surface area contributed by atoms with Crippen molar-refractivity contribution in [2.24, 2.45) is 0 Å². The Morgan fingerprint density at radius 3 is 2.87 bits per heavy atom. The van der Waals surface area contributed by atoms with Gasteiger partial charge in [-0.3, -0.25) is 9.80 Å². The van der Waals surface area contributed by atoms with E-state index in [4.69, 9.17) is 5.11 Å². The van der Waals surface area contributed by atoms with Gasteiger partial charge in [-0.15, -0.1) is 0 Å². The van der Waals surface area contributed by atoms with Gasteiger partial charge in [0, 0.05) is 25.2 Å². The van der Waals surface area contributed by atoms with Crippen LogP contribution >= 0.6 is 0 Å². The van der Waals surface area contributed by atoms with Crippen LogP contribution in [0.1, 0.15) is 33.1 Å². The number of piperidine rings is 1. The highest BCUT2D eigenvalue weighted by molar-refractivity contribution is 4.81. The first-order valence-corrected chi connectivity index (χ1v) is 6.24. The molecule has 0 aromatic carbocycles. The number of hydrogen-bond acceptors (Lipinski definition) is 3. The first-order chi connectivity index (χ1) is 7.19. The molecule has 2 atom stereocenters. The van der Waals surface area contributed by atoms with Gasteiger partial charge in [0.25, 0.3) is 0 Å². The van der Waals surface area contributed by atoms with Crippen LogP contribution in [-0.4, -0.2) is 60.3 Å². The Bertz CT molecular complexity index is 175. The molecule has 0 radical (unpaired) electrons. The van der Waals surface area contributed by atoms with Crippen LogP contribution in [0.3, 0.4) is 0 Å². The average molecular weight is 214 g/mol. The predicted octanol–water partition coefficient (Wildman–Crippen LogP) is 1.17. The highest BCUT2D eigenvalue weighted by Crippen LogP contribution is 2.17. The van der Waals surface area contributed by atoms with E-state index in [0.29, 0.717) is 12.1 Å². The van der Waals surface area contributed by atoms with Gasteiger partial charge in [-0.2, -0.15) is 0 Å². The van der Waals surface area contributed by atoms with Crippen LogP contribution < -0.4 is 0 Å². The molecule has 0 saturated carbocycles. The lowest BCUT2D eigenvalue weighted by atomic mass is 10.0. The minimum Gasteiger partial charge on any atom is -0.395 e. The molecule has 0 spiro atoms. The zero-order chi connectivity index (χ0) is 11.3. The Kier molecular flexibility index (Phi) is 5.58. The van der Waals surface area contributed by atoms with Crippen LogP contribution in [0.25, 0.3) is 0 Å².